The molecule has 108 valence electrons. The topological polar surface area (TPSA) is 46.5 Å². The van der Waals surface area contributed by atoms with Crippen molar-refractivity contribution in [2.75, 3.05) is 0 Å². The van der Waals surface area contributed by atoms with Gasteiger partial charge in [0.1, 0.15) is 5.92 Å². The summed E-state index contributed by atoms with van der Waals surface area (Å²) in [5, 5.41) is 0. The average Bonchev–Trinajstić information content (AvgIpc) is 2.79. The van der Waals surface area contributed by atoms with Crippen molar-refractivity contribution in [2.24, 2.45) is 16.3 Å². The van der Waals surface area contributed by atoms with Gasteiger partial charge in [0, 0.05) is 16.5 Å². The second kappa shape index (κ2) is 4.47. The molecular weight excluding hydrogens is 274 g/mol. The lowest BCUT2D eigenvalue weighted by Gasteiger charge is -2.33. The van der Waals surface area contributed by atoms with Gasteiger partial charge in [0.2, 0.25) is 0 Å². The van der Waals surface area contributed by atoms with Crippen molar-refractivity contribution in [3.8, 4) is 0 Å². The van der Waals surface area contributed by atoms with Crippen molar-refractivity contribution in [3.63, 3.8) is 0 Å². The van der Waals surface area contributed by atoms with Gasteiger partial charge >= 0.3 is 0 Å². The predicted octanol–water partition coefficient (Wildman–Crippen LogP) is 3.19. The molecule has 2 atom stereocenters. The number of carbonyl (C=O) groups is 2. The number of aliphatic imine (C=N–C) groups is 1. The zero-order valence-electron chi connectivity index (χ0n) is 12.2. The van der Waals surface area contributed by atoms with Crippen LogP contribution in [0, 0.1) is 11.3 Å². The number of benzene rings is 1. The Kier molecular flexibility index (Phi) is 2.67. The maximum absolute atomic E-state index is 12.6. The van der Waals surface area contributed by atoms with Crippen LogP contribution in [0.15, 0.2) is 65.7 Å². The lowest BCUT2D eigenvalue weighted by Crippen LogP contribution is -2.35. The first kappa shape index (κ1) is 13.1. The first-order chi connectivity index (χ1) is 10.6. The van der Waals surface area contributed by atoms with Crippen molar-refractivity contribution in [3.05, 3.63) is 71.8 Å². The second-order valence-electron chi connectivity index (χ2n) is 6.15. The van der Waals surface area contributed by atoms with E-state index in [1.54, 1.807) is 24.3 Å². The highest BCUT2D eigenvalue weighted by molar-refractivity contribution is 6.38. The Hall–Kier alpha value is -2.55. The largest absolute Gasteiger partial charge is 0.293 e. The van der Waals surface area contributed by atoms with E-state index in [0.717, 1.165) is 0 Å². The molecule has 1 aromatic carbocycles. The van der Waals surface area contributed by atoms with Crippen molar-refractivity contribution >= 4 is 17.3 Å². The number of carbonyl (C=O) groups excluding carboxylic acids is 2. The average molecular weight is 289 g/mol. The van der Waals surface area contributed by atoms with E-state index in [2.05, 4.69) is 13.0 Å². The third-order valence-electron chi connectivity index (χ3n) is 4.68. The van der Waals surface area contributed by atoms with Gasteiger partial charge in [-0.1, -0.05) is 61.6 Å². The zero-order valence-corrected chi connectivity index (χ0v) is 12.2. The summed E-state index contributed by atoms with van der Waals surface area (Å²) in [5.74, 6) is -1.05. The molecule has 1 aliphatic heterocycles. The van der Waals surface area contributed by atoms with Crippen molar-refractivity contribution in [1.82, 2.24) is 0 Å². The molecule has 1 heterocycles. The highest BCUT2D eigenvalue weighted by Crippen LogP contribution is 2.37. The Morgan fingerprint density at radius 3 is 2.36 bits per heavy atom. The number of Topliss-reactive ketones (excluding diaryl/α,β-unsaturated/α-hetero) is 2. The van der Waals surface area contributed by atoms with Gasteiger partial charge in [-0.3, -0.25) is 14.6 Å². The zero-order chi connectivity index (χ0) is 15.3. The molecule has 1 aromatic rings. The number of nitrogens with zero attached hydrogens (tertiary/aromatic N) is 1. The quantitative estimate of drug-likeness (QED) is 0.745. The summed E-state index contributed by atoms with van der Waals surface area (Å²) >= 11 is 0. The van der Waals surface area contributed by atoms with E-state index in [4.69, 9.17) is 4.99 Å². The van der Waals surface area contributed by atoms with Crippen LogP contribution >= 0.6 is 0 Å². The van der Waals surface area contributed by atoms with Gasteiger partial charge in [-0.05, 0) is 6.08 Å². The van der Waals surface area contributed by atoms with Gasteiger partial charge in [0.15, 0.2) is 11.6 Å². The molecule has 0 saturated heterocycles. The lowest BCUT2D eigenvalue weighted by atomic mass is 9.76. The van der Waals surface area contributed by atoms with Crippen LogP contribution in [-0.2, 0) is 0 Å². The van der Waals surface area contributed by atoms with Crippen molar-refractivity contribution < 1.29 is 9.59 Å². The van der Waals surface area contributed by atoms with E-state index < -0.39 is 5.92 Å². The molecule has 2 aliphatic carbocycles. The van der Waals surface area contributed by atoms with Gasteiger partial charge in [0.25, 0.3) is 0 Å². The Morgan fingerprint density at radius 1 is 1.00 bits per heavy atom. The number of fused-ring (bicyclic) bond motifs is 2. The third kappa shape index (κ3) is 1.72. The van der Waals surface area contributed by atoms with Crippen LogP contribution in [0.1, 0.15) is 27.6 Å². The molecule has 0 saturated carbocycles. The molecule has 22 heavy (non-hydrogen) atoms. The summed E-state index contributed by atoms with van der Waals surface area (Å²) < 4.78 is 0. The first-order valence-corrected chi connectivity index (χ1v) is 7.40. The summed E-state index contributed by atoms with van der Waals surface area (Å²) in [7, 11) is 0. The Labute approximate surface area is 128 Å². The number of allylic oxidation sites excluding steroid dienone is 3. The molecule has 0 spiro atoms. The fraction of sp³-hybridized carbons (Fsp3) is 0.211. The van der Waals surface area contributed by atoms with Crippen LogP contribution in [0.25, 0.3) is 0 Å². The molecule has 0 N–H and O–H groups in total. The number of dihydropyridines is 1. The molecule has 0 unspecified atom stereocenters. The van der Waals surface area contributed by atoms with Gasteiger partial charge in [-0.2, -0.15) is 0 Å². The SMILES string of the molecule is C[C@@]12C=CC=C[C@H]1N=C(C1C(=O)c3ccccc3C1=O)C=C2. The fourth-order valence-corrected chi connectivity index (χ4v) is 3.33. The van der Waals surface area contributed by atoms with Gasteiger partial charge in [0.05, 0.1) is 11.8 Å². The van der Waals surface area contributed by atoms with E-state index in [0.29, 0.717) is 16.8 Å². The predicted molar refractivity (Wildman–Crippen MR) is 85.3 cm³/mol. The molecule has 0 radical (unpaired) electrons. The van der Waals surface area contributed by atoms with Crippen LogP contribution in [0.5, 0.6) is 0 Å². The molecule has 3 aliphatic rings. The highest BCUT2D eigenvalue weighted by atomic mass is 16.2. The van der Waals surface area contributed by atoms with Gasteiger partial charge < -0.3 is 0 Å². The Balaban J connectivity index is 1.75. The van der Waals surface area contributed by atoms with Gasteiger partial charge in [-0.25, -0.2) is 0 Å². The van der Waals surface area contributed by atoms with Crippen molar-refractivity contribution in [1.29, 1.82) is 0 Å². The maximum atomic E-state index is 12.6. The monoisotopic (exact) mass is 289 g/mol. The Bertz CT molecular complexity index is 777. The third-order valence-corrected chi connectivity index (χ3v) is 4.68. The fourth-order valence-electron chi connectivity index (χ4n) is 3.33. The summed E-state index contributed by atoms with van der Waals surface area (Å²) in [6.45, 7) is 2.10. The minimum Gasteiger partial charge on any atom is -0.293 e. The van der Waals surface area contributed by atoms with Crippen molar-refractivity contribution in [2.45, 2.75) is 13.0 Å². The normalized spacial score (nSPS) is 29.5. The number of rotatable bonds is 1. The first-order valence-electron chi connectivity index (χ1n) is 7.40. The highest BCUT2D eigenvalue weighted by Gasteiger charge is 2.43. The van der Waals surface area contributed by atoms with Crippen LogP contribution in [0.3, 0.4) is 0 Å². The van der Waals surface area contributed by atoms with E-state index in [1.165, 1.54) is 0 Å². The van der Waals surface area contributed by atoms with Gasteiger partial charge in [-0.15, -0.1) is 0 Å². The molecule has 0 fully saturated rings. The summed E-state index contributed by atoms with van der Waals surface area (Å²) in [6, 6.07) is 6.96. The number of hydrogen-bond donors (Lipinski definition) is 0. The summed E-state index contributed by atoms with van der Waals surface area (Å²) in [4.78, 5) is 29.8. The van der Waals surface area contributed by atoms with Crippen LogP contribution in [0.4, 0.5) is 0 Å². The molecule has 0 aromatic heterocycles. The minimum atomic E-state index is -0.780. The number of hydrogen-bond acceptors (Lipinski definition) is 3. The molecule has 3 nitrogen and oxygen atoms in total. The molecule has 3 heteroatoms. The summed E-state index contributed by atoms with van der Waals surface area (Å²) in [6.07, 6.45) is 12.0. The van der Waals surface area contributed by atoms with Crippen LogP contribution in [0.2, 0.25) is 0 Å². The lowest BCUT2D eigenvalue weighted by molar-refractivity contribution is 0.0883. The van der Waals surface area contributed by atoms with E-state index >= 15 is 0 Å². The molecule has 0 amide bonds. The molecule has 0 bridgehead atoms. The standard InChI is InChI=1S/C19H15NO2/c1-19-10-5-4-8-15(19)20-14(9-11-19)16-17(21)12-6-2-3-7-13(12)18(16)22/h2-11,15-16H,1H3/t15-,19+/m1/s1. The number of ketones is 2. The molecular formula is C19H15NO2. The van der Waals surface area contributed by atoms with E-state index in [1.807, 2.05) is 30.4 Å². The maximum Gasteiger partial charge on any atom is 0.180 e. The van der Waals surface area contributed by atoms with E-state index in [9.17, 15) is 9.59 Å². The molecule has 4 rings (SSSR count). The Morgan fingerprint density at radius 2 is 1.68 bits per heavy atom. The summed E-state index contributed by atoms with van der Waals surface area (Å²) in [5.41, 5.74) is 1.44. The van der Waals surface area contributed by atoms with Crippen LogP contribution in [-0.4, -0.2) is 23.3 Å². The van der Waals surface area contributed by atoms with Crippen LogP contribution < -0.4 is 0 Å². The minimum absolute atomic E-state index is 0.0539. The second-order valence-corrected chi connectivity index (χ2v) is 6.15. The smallest absolute Gasteiger partial charge is 0.180 e. The van der Waals surface area contributed by atoms with E-state index in [-0.39, 0.29) is 23.0 Å².